The number of ether oxygens (including phenoxy) is 2. The Balaban J connectivity index is 1.98. The van der Waals surface area contributed by atoms with Crippen LogP contribution in [0, 0.1) is 0 Å². The second kappa shape index (κ2) is 13.1. The molecule has 0 aliphatic carbocycles. The minimum absolute atomic E-state index is 0.0719. The summed E-state index contributed by atoms with van der Waals surface area (Å²) in [6.45, 7) is 5.47. The molecule has 0 radical (unpaired) electrons. The summed E-state index contributed by atoms with van der Waals surface area (Å²) in [6.07, 6.45) is 1.32. The molecule has 11 heteroatoms. The molecular weight excluding hydrogens is 437 g/mol. The Kier molecular flexibility index (Phi) is 10.6. The lowest BCUT2D eigenvalue weighted by molar-refractivity contribution is -0.145. The highest BCUT2D eigenvalue weighted by Crippen LogP contribution is 2.35. The molecule has 32 heavy (non-hydrogen) atoms. The highest BCUT2D eigenvalue weighted by Gasteiger charge is 2.21. The summed E-state index contributed by atoms with van der Waals surface area (Å²) in [4.78, 5) is 37.4. The number of aromatic amines is 1. The van der Waals surface area contributed by atoms with Crippen molar-refractivity contribution in [1.82, 2.24) is 14.6 Å². The molecule has 2 rings (SSSR count). The van der Waals surface area contributed by atoms with Gasteiger partial charge in [0, 0.05) is 25.4 Å². The molecule has 0 spiro atoms. The number of carbonyl (C=O) groups excluding carboxylic acids is 1. The third-order valence-electron chi connectivity index (χ3n) is 4.29. The first-order valence-electron chi connectivity index (χ1n) is 10.2. The fourth-order valence-corrected chi connectivity index (χ4v) is 3.85. The molecular formula is C21H30N3O7P. The molecule has 176 valence electrons. The molecule has 0 saturated carbocycles. The molecule has 0 aliphatic heterocycles. The number of nitrogens with one attached hydrogen (secondary N) is 2. The zero-order valence-electron chi connectivity index (χ0n) is 18.6. The van der Waals surface area contributed by atoms with Gasteiger partial charge in [0.2, 0.25) is 0 Å². The maximum atomic E-state index is 12.0. The van der Waals surface area contributed by atoms with E-state index < -0.39 is 25.7 Å². The summed E-state index contributed by atoms with van der Waals surface area (Å²) in [5.41, 5.74) is -0.934. The normalized spacial score (nSPS) is 14.0. The van der Waals surface area contributed by atoms with Gasteiger partial charge >= 0.3 is 20.2 Å². The monoisotopic (exact) mass is 467 g/mol. The number of hydrogen-bond acceptors (Lipinski definition) is 8. The Bertz CT molecular complexity index is 948. The molecule has 0 fully saturated rings. The van der Waals surface area contributed by atoms with Crippen LogP contribution in [-0.2, 0) is 18.8 Å². The van der Waals surface area contributed by atoms with E-state index in [2.05, 4.69) is 10.1 Å². The van der Waals surface area contributed by atoms with E-state index in [1.807, 2.05) is 25.1 Å². The molecule has 1 heterocycles. The number of hydrogen-bond donors (Lipinski definition) is 2. The Morgan fingerprint density at radius 2 is 1.88 bits per heavy atom. The van der Waals surface area contributed by atoms with E-state index in [0.717, 1.165) is 0 Å². The molecule has 0 saturated heterocycles. The fourth-order valence-electron chi connectivity index (χ4n) is 2.77. The van der Waals surface area contributed by atoms with E-state index in [1.54, 1.807) is 33.1 Å². The summed E-state index contributed by atoms with van der Waals surface area (Å²) in [5, 5.41) is 2.95. The van der Waals surface area contributed by atoms with Gasteiger partial charge in [0.15, 0.2) is 0 Å². The highest BCUT2D eigenvalue weighted by molar-refractivity contribution is 7.45. The van der Waals surface area contributed by atoms with Crippen LogP contribution in [0.1, 0.15) is 33.2 Å². The largest absolute Gasteiger partial charge is 0.462 e. The van der Waals surface area contributed by atoms with Crippen LogP contribution in [0.15, 0.2) is 52.2 Å². The van der Waals surface area contributed by atoms with Crippen molar-refractivity contribution in [2.24, 2.45) is 0 Å². The first kappa shape index (κ1) is 25.7. The SMILES string of the molecule is COC(COP(NCC(=O)OC(C)C)Oc1ccccc1)CC(C)n1ccc(=O)[nH]c1=O. The van der Waals surface area contributed by atoms with Gasteiger partial charge in [0.05, 0.1) is 18.8 Å². The number of benzene rings is 1. The predicted octanol–water partition coefficient (Wildman–Crippen LogP) is 2.37. The number of esters is 1. The minimum atomic E-state index is -1.67. The molecule has 0 aliphatic rings. The van der Waals surface area contributed by atoms with E-state index in [9.17, 15) is 14.4 Å². The van der Waals surface area contributed by atoms with Gasteiger partial charge < -0.3 is 18.5 Å². The van der Waals surface area contributed by atoms with Crippen LogP contribution in [0.25, 0.3) is 0 Å². The highest BCUT2D eigenvalue weighted by atomic mass is 31.2. The van der Waals surface area contributed by atoms with Crippen molar-refractivity contribution in [1.29, 1.82) is 0 Å². The van der Waals surface area contributed by atoms with Crippen LogP contribution >= 0.6 is 8.53 Å². The van der Waals surface area contributed by atoms with Crippen molar-refractivity contribution >= 4 is 14.5 Å². The number of para-hydroxylation sites is 1. The van der Waals surface area contributed by atoms with Crippen LogP contribution in [0.3, 0.4) is 0 Å². The molecule has 3 unspecified atom stereocenters. The first-order valence-corrected chi connectivity index (χ1v) is 11.4. The van der Waals surface area contributed by atoms with Crippen molar-refractivity contribution in [3.8, 4) is 5.75 Å². The van der Waals surface area contributed by atoms with Crippen LogP contribution < -0.4 is 20.9 Å². The second-order valence-electron chi connectivity index (χ2n) is 7.29. The average Bonchev–Trinajstić information content (AvgIpc) is 2.74. The number of methoxy groups -OCH3 is 1. The zero-order valence-corrected chi connectivity index (χ0v) is 19.5. The van der Waals surface area contributed by atoms with Gasteiger partial charge in [-0.25, -0.2) is 9.88 Å². The Labute approximate surface area is 187 Å². The maximum Gasteiger partial charge on any atom is 0.328 e. The van der Waals surface area contributed by atoms with Crippen molar-refractivity contribution < 1.29 is 23.3 Å². The molecule has 1 aromatic heterocycles. The maximum absolute atomic E-state index is 12.0. The van der Waals surface area contributed by atoms with Gasteiger partial charge in [0.25, 0.3) is 5.56 Å². The van der Waals surface area contributed by atoms with E-state index in [0.29, 0.717) is 12.2 Å². The van der Waals surface area contributed by atoms with Crippen molar-refractivity contribution in [3.05, 3.63) is 63.4 Å². The third kappa shape index (κ3) is 8.92. The fraction of sp³-hybridized carbons (Fsp3) is 0.476. The lowest BCUT2D eigenvalue weighted by Crippen LogP contribution is -2.33. The summed E-state index contributed by atoms with van der Waals surface area (Å²) in [7, 11) is -0.124. The quantitative estimate of drug-likeness (QED) is 0.340. The third-order valence-corrected chi connectivity index (χ3v) is 5.47. The molecule has 0 amide bonds. The smallest absolute Gasteiger partial charge is 0.328 e. The summed E-state index contributed by atoms with van der Waals surface area (Å²) in [5.74, 6) is 0.174. The van der Waals surface area contributed by atoms with Gasteiger partial charge in [-0.15, -0.1) is 0 Å². The van der Waals surface area contributed by atoms with Crippen molar-refractivity contribution in [3.63, 3.8) is 0 Å². The second-order valence-corrected chi connectivity index (χ2v) is 8.56. The lowest BCUT2D eigenvalue weighted by atomic mass is 10.1. The van der Waals surface area contributed by atoms with Gasteiger partial charge in [-0.3, -0.25) is 19.1 Å². The average molecular weight is 467 g/mol. The number of rotatable bonds is 13. The lowest BCUT2D eigenvalue weighted by Gasteiger charge is -2.24. The number of nitrogens with zero attached hydrogens (tertiary/aromatic N) is 1. The number of carbonyl (C=O) groups is 1. The van der Waals surface area contributed by atoms with Crippen LogP contribution in [0.2, 0.25) is 0 Å². The number of aromatic nitrogens is 2. The van der Waals surface area contributed by atoms with E-state index >= 15 is 0 Å². The summed E-state index contributed by atoms with van der Waals surface area (Å²) >= 11 is 0. The van der Waals surface area contributed by atoms with Crippen LogP contribution in [0.5, 0.6) is 5.75 Å². The Morgan fingerprint density at radius 1 is 1.16 bits per heavy atom. The molecule has 10 nitrogen and oxygen atoms in total. The van der Waals surface area contributed by atoms with Crippen molar-refractivity contribution in [2.45, 2.75) is 45.4 Å². The molecule has 0 bridgehead atoms. The summed E-state index contributed by atoms with van der Waals surface area (Å²) in [6, 6.07) is 10.1. The van der Waals surface area contributed by atoms with Gasteiger partial charge in [-0.05, 0) is 39.3 Å². The topological polar surface area (TPSA) is 121 Å². The van der Waals surface area contributed by atoms with E-state index in [1.165, 1.54) is 16.8 Å². The Morgan fingerprint density at radius 3 is 2.50 bits per heavy atom. The van der Waals surface area contributed by atoms with Gasteiger partial charge in [0.1, 0.15) is 12.3 Å². The number of H-pyrrole nitrogens is 1. The predicted molar refractivity (Wildman–Crippen MR) is 121 cm³/mol. The Hall–Kier alpha value is -2.52. The minimum Gasteiger partial charge on any atom is -0.462 e. The van der Waals surface area contributed by atoms with Gasteiger partial charge in [-0.1, -0.05) is 18.2 Å². The molecule has 2 N–H and O–H groups in total. The standard InChI is InChI=1S/C21H30N3O7P/c1-15(2)30-20(26)13-22-32(31-17-8-6-5-7-9-17)29-14-18(28-4)12-16(3)24-11-10-19(25)23-21(24)27/h5-11,15-16,18,22H,12-14H2,1-4H3,(H,23,25,27). The van der Waals surface area contributed by atoms with Crippen LogP contribution in [-0.4, -0.2) is 48.0 Å². The van der Waals surface area contributed by atoms with E-state index in [4.69, 9.17) is 18.5 Å². The van der Waals surface area contributed by atoms with Gasteiger partial charge in [-0.2, -0.15) is 0 Å². The van der Waals surface area contributed by atoms with Crippen LogP contribution in [0.4, 0.5) is 0 Å². The zero-order chi connectivity index (χ0) is 23.5. The van der Waals surface area contributed by atoms with Crippen molar-refractivity contribution in [2.75, 3.05) is 20.3 Å². The van der Waals surface area contributed by atoms with E-state index in [-0.39, 0.29) is 31.4 Å². The molecule has 3 atom stereocenters. The summed E-state index contributed by atoms with van der Waals surface area (Å²) < 4.78 is 23.8. The molecule has 2 aromatic rings. The molecule has 1 aromatic carbocycles. The first-order chi connectivity index (χ1) is 15.3.